The topological polar surface area (TPSA) is 131 Å². The number of hydrogen-bond acceptors (Lipinski definition) is 7. The number of amides is 2. The van der Waals surface area contributed by atoms with Crippen LogP contribution in [0, 0.1) is 11.3 Å². The van der Waals surface area contributed by atoms with Crippen LogP contribution in [-0.2, 0) is 9.59 Å². The van der Waals surface area contributed by atoms with E-state index in [1.165, 1.54) is 0 Å². The summed E-state index contributed by atoms with van der Waals surface area (Å²) in [7, 11) is 0. The molecule has 0 spiro atoms. The summed E-state index contributed by atoms with van der Waals surface area (Å²) in [5.41, 5.74) is 7.67. The van der Waals surface area contributed by atoms with Gasteiger partial charge in [0, 0.05) is 31.1 Å². The number of carbonyl (C=O) groups is 2. The lowest BCUT2D eigenvalue weighted by Gasteiger charge is -2.40. The maximum atomic E-state index is 13.8. The first-order valence-corrected chi connectivity index (χ1v) is 14.3. The maximum absolute atomic E-state index is 13.8. The Balaban J connectivity index is 1.18. The molecule has 9 heteroatoms. The van der Waals surface area contributed by atoms with Crippen molar-refractivity contribution in [3.8, 4) is 0 Å². The second-order valence-electron chi connectivity index (χ2n) is 12.7. The molecule has 2 saturated carbocycles. The molecule has 1 aliphatic heterocycles. The molecule has 1 aromatic carbocycles. The fourth-order valence-electron chi connectivity index (χ4n) is 6.34. The molecule has 1 unspecified atom stereocenters. The van der Waals surface area contributed by atoms with Crippen molar-refractivity contribution < 1.29 is 14.0 Å². The number of nitrogens with two attached hydrogens (primary N) is 2. The van der Waals surface area contributed by atoms with Gasteiger partial charge in [0.15, 0.2) is 11.5 Å². The van der Waals surface area contributed by atoms with E-state index in [0.717, 1.165) is 61.9 Å². The van der Waals surface area contributed by atoms with Crippen LogP contribution in [0.1, 0.15) is 83.9 Å². The van der Waals surface area contributed by atoms with Gasteiger partial charge in [-0.2, -0.15) is 0 Å². The fourth-order valence-corrected chi connectivity index (χ4v) is 6.34. The average Bonchev–Trinajstić information content (AvgIpc) is 3.44. The number of hydrogen-bond donors (Lipinski definition) is 3. The third kappa shape index (κ3) is 5.90. The van der Waals surface area contributed by atoms with Gasteiger partial charge in [0.05, 0.1) is 0 Å². The van der Waals surface area contributed by atoms with Crippen LogP contribution >= 0.6 is 0 Å². The first kappa shape index (κ1) is 27.1. The Morgan fingerprint density at radius 2 is 1.84 bits per heavy atom. The fraction of sp³-hybridized carbons (Fsp3) is 0.690. The molecule has 1 saturated heterocycles. The molecule has 38 heavy (non-hydrogen) atoms. The zero-order chi connectivity index (χ0) is 27.0. The Morgan fingerprint density at radius 1 is 1.13 bits per heavy atom. The largest absolute Gasteiger partial charge is 0.440 e. The quantitative estimate of drug-likeness (QED) is 0.357. The third-order valence-electron chi connectivity index (χ3n) is 8.61. The number of rotatable bonds is 8. The van der Waals surface area contributed by atoms with Crippen LogP contribution < -0.4 is 16.9 Å². The molecule has 3 fully saturated rings. The smallest absolute Gasteiger partial charge is 0.243 e. The summed E-state index contributed by atoms with van der Waals surface area (Å²) in [6.07, 6.45) is 7.34. The highest BCUT2D eigenvalue weighted by Crippen LogP contribution is 2.35. The molecule has 0 bridgehead atoms. The van der Waals surface area contributed by atoms with Gasteiger partial charge in [0.25, 0.3) is 0 Å². The van der Waals surface area contributed by atoms with Gasteiger partial charge >= 0.3 is 0 Å². The summed E-state index contributed by atoms with van der Waals surface area (Å²) in [5.74, 6) is 7.93. The van der Waals surface area contributed by atoms with Gasteiger partial charge in [-0.1, -0.05) is 32.9 Å². The molecular weight excluding hydrogens is 480 g/mol. The molecule has 5 rings (SSSR count). The van der Waals surface area contributed by atoms with Gasteiger partial charge in [-0.25, -0.2) is 9.99 Å². The monoisotopic (exact) mass is 524 g/mol. The average molecular weight is 525 g/mol. The summed E-state index contributed by atoms with van der Waals surface area (Å²) in [6.45, 7) is 7.14. The molecule has 208 valence electrons. The van der Waals surface area contributed by atoms with Crippen LogP contribution in [0.2, 0.25) is 0 Å². The standard InChI is InChI=1S/C29H44N6O3/c1-29(2,3)25(35(31)17-21(30)18-10-11-18)28(37)34-16-6-8-23(34)26(36)32-20-14-12-19(13-15-20)27-33-22-7-4-5-9-24(22)38-27/h4-5,7,9,18-21,23,25H,6,8,10-17,30-31H2,1-3H3,(H,32,36)/t19-,20-,21?,23-,25+/m0/s1. The third-order valence-corrected chi connectivity index (χ3v) is 8.61. The number of para-hydroxylation sites is 2. The Morgan fingerprint density at radius 3 is 2.50 bits per heavy atom. The lowest BCUT2D eigenvalue weighted by molar-refractivity contribution is -0.146. The molecule has 5 N–H and O–H groups in total. The highest BCUT2D eigenvalue weighted by Gasteiger charge is 2.44. The molecular formula is C29H44N6O3. The molecule has 0 radical (unpaired) electrons. The molecule has 2 aliphatic carbocycles. The van der Waals surface area contributed by atoms with Gasteiger partial charge < -0.3 is 20.4 Å². The highest BCUT2D eigenvalue weighted by atomic mass is 16.3. The molecule has 2 aromatic rings. The number of carbonyl (C=O) groups excluding carboxylic acids is 2. The Kier molecular flexibility index (Phi) is 7.80. The Labute approximate surface area is 225 Å². The second-order valence-corrected chi connectivity index (χ2v) is 12.7. The van der Waals surface area contributed by atoms with E-state index in [2.05, 4.69) is 10.3 Å². The van der Waals surface area contributed by atoms with Gasteiger partial charge in [0.1, 0.15) is 17.6 Å². The second kappa shape index (κ2) is 10.9. The summed E-state index contributed by atoms with van der Waals surface area (Å²) in [6, 6.07) is 6.93. The molecule has 2 amide bonds. The van der Waals surface area contributed by atoms with Crippen LogP contribution in [0.15, 0.2) is 28.7 Å². The zero-order valence-corrected chi connectivity index (χ0v) is 23.1. The van der Waals surface area contributed by atoms with E-state index in [0.29, 0.717) is 25.4 Å². The predicted octanol–water partition coefficient (Wildman–Crippen LogP) is 3.29. The van der Waals surface area contributed by atoms with Crippen LogP contribution in [0.3, 0.4) is 0 Å². The number of hydrazine groups is 1. The van der Waals surface area contributed by atoms with Gasteiger partial charge in [-0.05, 0) is 74.8 Å². The normalized spacial score (nSPS) is 26.1. The lowest BCUT2D eigenvalue weighted by atomic mass is 9.84. The van der Waals surface area contributed by atoms with Crippen molar-refractivity contribution in [3.05, 3.63) is 30.2 Å². The molecule has 3 atom stereocenters. The maximum Gasteiger partial charge on any atom is 0.243 e. The van der Waals surface area contributed by atoms with E-state index in [1.54, 1.807) is 9.91 Å². The van der Waals surface area contributed by atoms with Crippen LogP contribution in [0.25, 0.3) is 11.1 Å². The van der Waals surface area contributed by atoms with Crippen molar-refractivity contribution in [2.45, 2.75) is 102 Å². The molecule has 9 nitrogen and oxygen atoms in total. The lowest BCUT2D eigenvalue weighted by Crippen LogP contribution is -2.61. The van der Waals surface area contributed by atoms with Gasteiger partial charge in [-0.3, -0.25) is 15.4 Å². The summed E-state index contributed by atoms with van der Waals surface area (Å²) in [4.78, 5) is 33.7. The van der Waals surface area contributed by atoms with Crippen molar-refractivity contribution in [1.82, 2.24) is 20.2 Å². The number of nitrogens with one attached hydrogen (secondary N) is 1. The van der Waals surface area contributed by atoms with E-state index in [9.17, 15) is 9.59 Å². The SMILES string of the molecule is CC(C)(C)[C@@H](C(=O)N1CCC[C@H]1C(=O)N[C@H]1CC[C@H](c2nc3ccccc3o2)CC1)N(N)CC(N)C1CC1. The summed E-state index contributed by atoms with van der Waals surface area (Å²) >= 11 is 0. The number of fused-ring (bicyclic) bond motifs is 1. The van der Waals surface area contributed by atoms with E-state index in [-0.39, 0.29) is 35.2 Å². The highest BCUT2D eigenvalue weighted by molar-refractivity contribution is 5.91. The van der Waals surface area contributed by atoms with E-state index in [4.69, 9.17) is 16.0 Å². The number of benzene rings is 1. The minimum atomic E-state index is -0.535. The van der Waals surface area contributed by atoms with Gasteiger partial charge in [0.2, 0.25) is 11.8 Å². The van der Waals surface area contributed by atoms with Crippen molar-refractivity contribution in [1.29, 1.82) is 0 Å². The first-order valence-electron chi connectivity index (χ1n) is 14.3. The van der Waals surface area contributed by atoms with Crippen molar-refractivity contribution >= 4 is 22.9 Å². The number of aromatic nitrogens is 1. The predicted molar refractivity (Wildman–Crippen MR) is 147 cm³/mol. The van der Waals surface area contributed by atoms with Crippen LogP contribution in [0.4, 0.5) is 0 Å². The van der Waals surface area contributed by atoms with E-state index in [1.807, 2.05) is 45.0 Å². The van der Waals surface area contributed by atoms with Crippen molar-refractivity contribution in [2.75, 3.05) is 13.1 Å². The number of likely N-dealkylation sites (tertiary alicyclic amines) is 1. The molecule has 2 heterocycles. The van der Waals surface area contributed by atoms with Crippen LogP contribution in [0.5, 0.6) is 0 Å². The minimum absolute atomic E-state index is 0.0276. The Hall–Kier alpha value is -2.49. The number of oxazole rings is 1. The van der Waals surface area contributed by atoms with Crippen molar-refractivity contribution in [3.63, 3.8) is 0 Å². The van der Waals surface area contributed by atoms with Crippen LogP contribution in [-0.4, -0.2) is 64.0 Å². The van der Waals surface area contributed by atoms with Gasteiger partial charge in [-0.15, -0.1) is 0 Å². The van der Waals surface area contributed by atoms with E-state index >= 15 is 0 Å². The first-order chi connectivity index (χ1) is 18.1. The van der Waals surface area contributed by atoms with Crippen molar-refractivity contribution in [2.24, 2.45) is 22.9 Å². The van der Waals surface area contributed by atoms with E-state index < -0.39 is 12.1 Å². The summed E-state index contributed by atoms with van der Waals surface area (Å²) < 4.78 is 5.99. The summed E-state index contributed by atoms with van der Waals surface area (Å²) in [5, 5.41) is 4.89. The molecule has 1 aromatic heterocycles. The minimum Gasteiger partial charge on any atom is -0.440 e. The Bertz CT molecular complexity index is 1100. The number of nitrogens with zero attached hydrogens (tertiary/aromatic N) is 3. The zero-order valence-electron chi connectivity index (χ0n) is 23.1. The molecule has 3 aliphatic rings.